The normalized spacial score (nSPS) is 16.7. The minimum Gasteiger partial charge on any atom is -0.481 e. The number of amides is 2. The number of carboxylic acids is 1. The van der Waals surface area contributed by atoms with E-state index >= 15 is 0 Å². The zero-order valence-electron chi connectivity index (χ0n) is 19.4. The first-order chi connectivity index (χ1) is 16.5. The standard InChI is InChI=1S/C27H32N2O5/c30-25(29-16-8-9-19(29)17-26(31)32)14-2-1-7-15-28-27(33)34-18-24-22-12-5-3-10-20(22)21-11-4-6-13-23(21)24/h3-6,10-13,19,24H,1-2,7-9,14-18H2,(H,28,33)(H,31,32)/t19-/m0/s1. The van der Waals surface area contributed by atoms with E-state index in [9.17, 15) is 14.4 Å². The molecule has 180 valence electrons. The highest BCUT2D eigenvalue weighted by Crippen LogP contribution is 2.44. The Morgan fingerprint density at radius 3 is 2.32 bits per heavy atom. The van der Waals surface area contributed by atoms with Crippen LogP contribution < -0.4 is 5.32 Å². The quantitative estimate of drug-likeness (QED) is 0.503. The van der Waals surface area contributed by atoms with Crippen molar-refractivity contribution in [1.29, 1.82) is 0 Å². The second kappa shape index (κ2) is 11.2. The Labute approximate surface area is 200 Å². The Hall–Kier alpha value is -3.35. The van der Waals surface area contributed by atoms with Crippen LogP contribution in [0.3, 0.4) is 0 Å². The largest absolute Gasteiger partial charge is 0.481 e. The molecule has 34 heavy (non-hydrogen) atoms. The molecule has 0 bridgehead atoms. The summed E-state index contributed by atoms with van der Waals surface area (Å²) in [5.74, 6) is -0.781. The molecule has 0 aromatic heterocycles. The molecule has 2 amide bonds. The highest BCUT2D eigenvalue weighted by Gasteiger charge is 2.30. The molecule has 2 aromatic rings. The number of hydrogen-bond donors (Lipinski definition) is 2. The molecule has 7 heteroatoms. The van der Waals surface area contributed by atoms with E-state index < -0.39 is 12.1 Å². The number of rotatable bonds is 10. The van der Waals surface area contributed by atoms with Crippen molar-refractivity contribution >= 4 is 18.0 Å². The van der Waals surface area contributed by atoms with Crippen molar-refractivity contribution in [2.45, 2.75) is 56.9 Å². The van der Waals surface area contributed by atoms with Crippen molar-refractivity contribution in [2.24, 2.45) is 0 Å². The van der Waals surface area contributed by atoms with Crippen LogP contribution in [0.2, 0.25) is 0 Å². The molecule has 4 rings (SSSR count). The predicted octanol–water partition coefficient (Wildman–Crippen LogP) is 4.55. The van der Waals surface area contributed by atoms with Crippen molar-refractivity contribution in [2.75, 3.05) is 19.7 Å². The molecule has 0 radical (unpaired) electrons. The molecule has 2 N–H and O–H groups in total. The minimum absolute atomic E-state index is 0.0236. The molecule has 1 heterocycles. The molecule has 2 aromatic carbocycles. The minimum atomic E-state index is -0.857. The second-order valence-corrected chi connectivity index (χ2v) is 9.04. The van der Waals surface area contributed by atoms with Crippen LogP contribution in [0, 0.1) is 0 Å². The lowest BCUT2D eigenvalue weighted by molar-refractivity contribution is -0.139. The van der Waals surface area contributed by atoms with E-state index in [4.69, 9.17) is 9.84 Å². The topological polar surface area (TPSA) is 95.9 Å². The number of likely N-dealkylation sites (tertiary alicyclic amines) is 1. The van der Waals surface area contributed by atoms with Gasteiger partial charge in [-0.25, -0.2) is 4.79 Å². The number of unbranched alkanes of at least 4 members (excludes halogenated alkanes) is 2. The van der Waals surface area contributed by atoms with Crippen LogP contribution in [0.15, 0.2) is 48.5 Å². The van der Waals surface area contributed by atoms with Crippen molar-refractivity contribution in [3.8, 4) is 11.1 Å². The van der Waals surface area contributed by atoms with Gasteiger partial charge in [-0.1, -0.05) is 55.0 Å². The SMILES string of the molecule is O=C(O)C[C@@H]1CCCN1C(=O)CCCCCNC(=O)OCC1c2ccccc2-c2ccccc21. The molecule has 1 aliphatic carbocycles. The summed E-state index contributed by atoms with van der Waals surface area (Å²) in [5, 5.41) is 11.8. The van der Waals surface area contributed by atoms with Gasteiger partial charge >= 0.3 is 12.1 Å². The number of benzene rings is 2. The summed E-state index contributed by atoms with van der Waals surface area (Å²) in [5.41, 5.74) is 4.77. The Balaban J connectivity index is 1.14. The van der Waals surface area contributed by atoms with Gasteiger partial charge in [0, 0.05) is 31.5 Å². The summed E-state index contributed by atoms with van der Waals surface area (Å²) in [6, 6.07) is 16.3. The summed E-state index contributed by atoms with van der Waals surface area (Å²) in [7, 11) is 0. The van der Waals surface area contributed by atoms with Gasteiger partial charge < -0.3 is 20.1 Å². The zero-order valence-corrected chi connectivity index (χ0v) is 19.4. The van der Waals surface area contributed by atoms with Gasteiger partial charge in [0.25, 0.3) is 0 Å². The fraction of sp³-hybridized carbons (Fsp3) is 0.444. The number of carbonyl (C=O) groups is 3. The first kappa shape index (κ1) is 23.8. The smallest absolute Gasteiger partial charge is 0.407 e. The van der Waals surface area contributed by atoms with Gasteiger partial charge in [0.1, 0.15) is 6.61 Å². The Morgan fingerprint density at radius 2 is 1.65 bits per heavy atom. The third kappa shape index (κ3) is 5.58. The first-order valence-electron chi connectivity index (χ1n) is 12.1. The summed E-state index contributed by atoms with van der Waals surface area (Å²) in [6.07, 6.45) is 3.95. The number of fused-ring (bicyclic) bond motifs is 3. The van der Waals surface area contributed by atoms with Crippen molar-refractivity contribution < 1.29 is 24.2 Å². The summed E-state index contributed by atoms with van der Waals surface area (Å²) in [6.45, 7) is 1.44. The third-order valence-electron chi connectivity index (χ3n) is 6.79. The lowest BCUT2D eigenvalue weighted by Crippen LogP contribution is -2.36. The predicted molar refractivity (Wildman–Crippen MR) is 129 cm³/mol. The fourth-order valence-electron chi connectivity index (χ4n) is 5.14. The average Bonchev–Trinajstić information content (AvgIpc) is 3.42. The lowest BCUT2D eigenvalue weighted by Gasteiger charge is -2.23. The van der Waals surface area contributed by atoms with E-state index in [2.05, 4.69) is 29.6 Å². The monoisotopic (exact) mass is 464 g/mol. The summed E-state index contributed by atoms with van der Waals surface area (Å²) >= 11 is 0. The number of carboxylic acid groups (broad SMARTS) is 1. The highest BCUT2D eigenvalue weighted by atomic mass is 16.5. The molecule has 1 atom stereocenters. The molecule has 7 nitrogen and oxygen atoms in total. The van der Waals surface area contributed by atoms with Gasteiger partial charge in [-0.05, 0) is 47.9 Å². The maximum Gasteiger partial charge on any atom is 0.407 e. The number of carbonyl (C=O) groups excluding carboxylic acids is 2. The molecule has 2 aliphatic rings. The van der Waals surface area contributed by atoms with Crippen molar-refractivity contribution in [3.63, 3.8) is 0 Å². The van der Waals surface area contributed by atoms with Gasteiger partial charge in [-0.15, -0.1) is 0 Å². The third-order valence-corrected chi connectivity index (χ3v) is 6.79. The van der Waals surface area contributed by atoms with E-state index in [1.807, 2.05) is 24.3 Å². The van der Waals surface area contributed by atoms with Gasteiger partial charge in [0.2, 0.25) is 5.91 Å². The van der Waals surface area contributed by atoms with Gasteiger partial charge in [0.15, 0.2) is 0 Å². The molecule has 0 unspecified atom stereocenters. The zero-order chi connectivity index (χ0) is 23.9. The Bertz CT molecular complexity index is 992. The maximum absolute atomic E-state index is 12.4. The van der Waals surface area contributed by atoms with Crippen molar-refractivity contribution in [3.05, 3.63) is 59.7 Å². The average molecular weight is 465 g/mol. The molecule has 0 saturated carbocycles. The Kier molecular flexibility index (Phi) is 7.83. The number of alkyl carbamates (subject to hydrolysis) is 1. The van der Waals surface area contributed by atoms with E-state index in [-0.39, 0.29) is 24.3 Å². The Morgan fingerprint density at radius 1 is 0.971 bits per heavy atom. The first-order valence-corrected chi connectivity index (χ1v) is 12.1. The van der Waals surface area contributed by atoms with E-state index in [0.29, 0.717) is 26.1 Å². The maximum atomic E-state index is 12.4. The summed E-state index contributed by atoms with van der Waals surface area (Å²) in [4.78, 5) is 37.3. The molecular formula is C27H32N2O5. The molecule has 0 spiro atoms. The van der Waals surface area contributed by atoms with E-state index in [0.717, 1.165) is 32.1 Å². The highest BCUT2D eigenvalue weighted by molar-refractivity contribution is 5.79. The van der Waals surface area contributed by atoms with Crippen LogP contribution in [0.25, 0.3) is 11.1 Å². The molecule has 1 saturated heterocycles. The number of hydrogen-bond acceptors (Lipinski definition) is 4. The number of ether oxygens (including phenoxy) is 1. The van der Waals surface area contributed by atoms with Gasteiger partial charge in [-0.2, -0.15) is 0 Å². The molecule has 1 aliphatic heterocycles. The van der Waals surface area contributed by atoms with Crippen LogP contribution in [0.5, 0.6) is 0 Å². The van der Waals surface area contributed by atoms with Gasteiger partial charge in [-0.3, -0.25) is 9.59 Å². The van der Waals surface area contributed by atoms with Crippen LogP contribution in [0.1, 0.15) is 62.0 Å². The lowest BCUT2D eigenvalue weighted by atomic mass is 9.98. The number of nitrogens with zero attached hydrogens (tertiary/aromatic N) is 1. The van der Waals surface area contributed by atoms with Crippen LogP contribution >= 0.6 is 0 Å². The van der Waals surface area contributed by atoms with Crippen LogP contribution in [-0.2, 0) is 14.3 Å². The molecular weight excluding hydrogens is 432 g/mol. The van der Waals surface area contributed by atoms with Gasteiger partial charge in [0.05, 0.1) is 6.42 Å². The fourth-order valence-corrected chi connectivity index (χ4v) is 5.14. The summed E-state index contributed by atoms with van der Waals surface area (Å²) < 4.78 is 5.54. The van der Waals surface area contributed by atoms with E-state index in [1.165, 1.54) is 22.3 Å². The number of nitrogens with one attached hydrogen (secondary N) is 1. The van der Waals surface area contributed by atoms with Crippen LogP contribution in [0.4, 0.5) is 4.79 Å². The second-order valence-electron chi connectivity index (χ2n) is 9.04. The van der Waals surface area contributed by atoms with E-state index in [1.54, 1.807) is 4.90 Å². The number of aliphatic carboxylic acids is 1. The van der Waals surface area contributed by atoms with Crippen LogP contribution in [-0.4, -0.2) is 53.7 Å². The van der Waals surface area contributed by atoms with Crippen molar-refractivity contribution in [1.82, 2.24) is 10.2 Å². The molecule has 1 fully saturated rings.